The van der Waals surface area contributed by atoms with Gasteiger partial charge in [0.25, 0.3) is 0 Å². The number of hydrogen-bond donors (Lipinski definition) is 2. The number of nitrogens with zero attached hydrogens (tertiary/aromatic N) is 1. The van der Waals surface area contributed by atoms with Crippen LogP contribution in [0.15, 0.2) is 65.3 Å². The topological polar surface area (TPSA) is 83.8 Å². The number of amides is 2. The highest BCUT2D eigenvalue weighted by Crippen LogP contribution is 2.35. The third kappa shape index (κ3) is 4.40. The molecule has 2 aromatic carbocycles. The van der Waals surface area contributed by atoms with Crippen molar-refractivity contribution in [2.75, 3.05) is 30.4 Å². The van der Waals surface area contributed by atoms with Crippen molar-refractivity contribution in [3.63, 3.8) is 0 Å². The van der Waals surface area contributed by atoms with E-state index in [-0.39, 0.29) is 12.6 Å². The second-order valence-electron chi connectivity index (χ2n) is 7.47. The molecule has 7 heteroatoms. The van der Waals surface area contributed by atoms with E-state index in [2.05, 4.69) is 27.7 Å². The molecular formula is C24H25N3O4. The molecule has 0 bridgehead atoms. The minimum atomic E-state index is -0.746. The van der Waals surface area contributed by atoms with E-state index < -0.39 is 11.8 Å². The number of carbonyl (C=O) groups is 2. The van der Waals surface area contributed by atoms with E-state index in [0.717, 1.165) is 30.0 Å². The summed E-state index contributed by atoms with van der Waals surface area (Å²) in [4.78, 5) is 27.3. The Morgan fingerprint density at radius 2 is 1.97 bits per heavy atom. The van der Waals surface area contributed by atoms with Crippen molar-refractivity contribution < 1.29 is 18.7 Å². The maximum absolute atomic E-state index is 12.6. The Kier molecular flexibility index (Phi) is 5.93. The third-order valence-electron chi connectivity index (χ3n) is 5.44. The zero-order chi connectivity index (χ0) is 21.8. The zero-order valence-corrected chi connectivity index (χ0v) is 17.6. The maximum Gasteiger partial charge on any atom is 0.313 e. The van der Waals surface area contributed by atoms with Gasteiger partial charge in [0.2, 0.25) is 0 Å². The van der Waals surface area contributed by atoms with Crippen LogP contribution >= 0.6 is 0 Å². The molecule has 2 N–H and O–H groups in total. The van der Waals surface area contributed by atoms with E-state index in [9.17, 15) is 9.59 Å². The van der Waals surface area contributed by atoms with Gasteiger partial charge in [-0.1, -0.05) is 24.3 Å². The summed E-state index contributed by atoms with van der Waals surface area (Å²) in [6.07, 6.45) is 2.54. The van der Waals surface area contributed by atoms with Crippen LogP contribution in [-0.2, 0) is 16.0 Å². The van der Waals surface area contributed by atoms with Gasteiger partial charge < -0.3 is 24.7 Å². The highest BCUT2D eigenvalue weighted by atomic mass is 16.5. The summed E-state index contributed by atoms with van der Waals surface area (Å²) in [5, 5.41) is 5.39. The number of rotatable bonds is 6. The molecule has 2 heterocycles. The molecule has 0 spiro atoms. The summed E-state index contributed by atoms with van der Waals surface area (Å²) < 4.78 is 10.9. The van der Waals surface area contributed by atoms with Crippen molar-refractivity contribution in [3.05, 3.63) is 77.7 Å². The molecule has 0 radical (unpaired) electrons. The Bertz CT molecular complexity index is 1080. The van der Waals surface area contributed by atoms with Crippen molar-refractivity contribution in [1.29, 1.82) is 0 Å². The Labute approximate surface area is 181 Å². The fourth-order valence-electron chi connectivity index (χ4n) is 3.90. The standard InChI is InChI=1S/C24H25N3O4/c1-16-9-10-21(30-2)18(14-16)26-24(29)23(28)25-15-20(22-8-5-13-31-22)27-12-11-17-6-3-4-7-19(17)27/h3-10,13-14,20H,11-12,15H2,1-2H3,(H,25,28)(H,26,29). The third-order valence-corrected chi connectivity index (χ3v) is 5.44. The number of nitrogens with one attached hydrogen (secondary N) is 2. The van der Waals surface area contributed by atoms with E-state index in [1.54, 1.807) is 18.4 Å². The molecule has 0 saturated carbocycles. The van der Waals surface area contributed by atoms with Gasteiger partial charge in [-0.2, -0.15) is 0 Å². The summed E-state index contributed by atoms with van der Waals surface area (Å²) >= 11 is 0. The zero-order valence-electron chi connectivity index (χ0n) is 17.6. The fourth-order valence-corrected chi connectivity index (χ4v) is 3.90. The van der Waals surface area contributed by atoms with E-state index in [4.69, 9.17) is 9.15 Å². The lowest BCUT2D eigenvalue weighted by Crippen LogP contribution is -2.41. The lowest BCUT2D eigenvalue weighted by Gasteiger charge is -2.29. The van der Waals surface area contributed by atoms with Gasteiger partial charge in [-0.25, -0.2) is 0 Å². The molecule has 0 fully saturated rings. The Hall–Kier alpha value is -3.74. The molecule has 0 aliphatic carbocycles. The van der Waals surface area contributed by atoms with E-state index in [1.165, 1.54) is 12.7 Å². The number of ether oxygens (including phenoxy) is 1. The van der Waals surface area contributed by atoms with Crippen molar-refractivity contribution in [1.82, 2.24) is 5.32 Å². The minimum Gasteiger partial charge on any atom is -0.495 e. The van der Waals surface area contributed by atoms with Crippen LogP contribution in [0.3, 0.4) is 0 Å². The van der Waals surface area contributed by atoms with Crippen LogP contribution in [0.25, 0.3) is 0 Å². The number of aryl methyl sites for hydroxylation is 1. The Morgan fingerprint density at radius 3 is 2.74 bits per heavy atom. The first-order valence-corrected chi connectivity index (χ1v) is 10.2. The first kappa shape index (κ1) is 20.5. The van der Waals surface area contributed by atoms with Crippen LogP contribution in [0.4, 0.5) is 11.4 Å². The molecule has 1 aromatic heterocycles. The summed E-state index contributed by atoms with van der Waals surface area (Å²) in [5.41, 5.74) is 3.78. The van der Waals surface area contributed by atoms with Crippen LogP contribution in [-0.4, -0.2) is 32.0 Å². The van der Waals surface area contributed by atoms with Crippen molar-refractivity contribution in [2.45, 2.75) is 19.4 Å². The Morgan fingerprint density at radius 1 is 1.13 bits per heavy atom. The van der Waals surface area contributed by atoms with Gasteiger partial charge in [0.05, 0.1) is 19.1 Å². The number of fused-ring (bicyclic) bond motifs is 1. The van der Waals surface area contributed by atoms with Gasteiger partial charge in [0.15, 0.2) is 0 Å². The second kappa shape index (κ2) is 8.95. The highest BCUT2D eigenvalue weighted by Gasteiger charge is 2.29. The van der Waals surface area contributed by atoms with Crippen LogP contribution in [0, 0.1) is 6.92 Å². The molecule has 1 unspecified atom stereocenters. The average Bonchev–Trinajstić information content (AvgIpc) is 3.45. The molecule has 3 aromatic rings. The van der Waals surface area contributed by atoms with E-state index in [1.807, 2.05) is 37.3 Å². The van der Waals surface area contributed by atoms with Crippen molar-refractivity contribution in [3.8, 4) is 5.75 Å². The SMILES string of the molecule is COc1ccc(C)cc1NC(=O)C(=O)NCC(c1ccco1)N1CCc2ccccc21. The lowest BCUT2D eigenvalue weighted by molar-refractivity contribution is -0.136. The summed E-state index contributed by atoms with van der Waals surface area (Å²) in [7, 11) is 1.52. The van der Waals surface area contributed by atoms with Crippen LogP contribution in [0.2, 0.25) is 0 Å². The molecule has 1 aliphatic heterocycles. The molecule has 1 atom stereocenters. The van der Waals surface area contributed by atoms with Gasteiger partial charge in [0.1, 0.15) is 17.6 Å². The molecule has 4 rings (SSSR count). The predicted octanol–water partition coefficient (Wildman–Crippen LogP) is 3.46. The monoisotopic (exact) mass is 419 g/mol. The smallest absolute Gasteiger partial charge is 0.313 e. The first-order chi connectivity index (χ1) is 15.1. The predicted molar refractivity (Wildman–Crippen MR) is 118 cm³/mol. The first-order valence-electron chi connectivity index (χ1n) is 10.2. The second-order valence-corrected chi connectivity index (χ2v) is 7.47. The number of para-hydroxylation sites is 1. The Balaban J connectivity index is 1.46. The fraction of sp³-hybridized carbons (Fsp3) is 0.250. The number of hydrogen-bond acceptors (Lipinski definition) is 5. The molecule has 31 heavy (non-hydrogen) atoms. The number of anilines is 2. The lowest BCUT2D eigenvalue weighted by atomic mass is 10.1. The van der Waals surface area contributed by atoms with Crippen molar-refractivity contribution >= 4 is 23.2 Å². The molecule has 1 aliphatic rings. The summed E-state index contributed by atoms with van der Waals surface area (Å²) in [6.45, 7) is 2.95. The van der Waals surface area contributed by atoms with Crippen LogP contribution in [0.5, 0.6) is 5.75 Å². The van der Waals surface area contributed by atoms with Crippen LogP contribution < -0.4 is 20.3 Å². The molecule has 7 nitrogen and oxygen atoms in total. The largest absolute Gasteiger partial charge is 0.495 e. The summed E-state index contributed by atoms with van der Waals surface area (Å²) in [5.74, 6) is -0.233. The van der Waals surface area contributed by atoms with Crippen LogP contribution in [0.1, 0.15) is 22.9 Å². The number of methoxy groups -OCH3 is 1. The molecular weight excluding hydrogens is 394 g/mol. The average molecular weight is 419 g/mol. The van der Waals surface area contributed by atoms with Gasteiger partial charge in [-0.15, -0.1) is 0 Å². The molecule has 0 saturated heterocycles. The maximum atomic E-state index is 12.6. The molecule has 160 valence electrons. The van der Waals surface area contributed by atoms with E-state index in [0.29, 0.717) is 11.4 Å². The van der Waals surface area contributed by atoms with E-state index >= 15 is 0 Å². The van der Waals surface area contributed by atoms with Gasteiger partial charge in [-0.3, -0.25) is 9.59 Å². The highest BCUT2D eigenvalue weighted by molar-refractivity contribution is 6.39. The normalized spacial score (nSPS) is 13.4. The number of benzene rings is 2. The van der Waals surface area contributed by atoms with Gasteiger partial charge in [0, 0.05) is 18.8 Å². The van der Waals surface area contributed by atoms with Gasteiger partial charge >= 0.3 is 11.8 Å². The quantitative estimate of drug-likeness (QED) is 0.598. The van der Waals surface area contributed by atoms with Crippen molar-refractivity contribution in [2.24, 2.45) is 0 Å². The molecule has 2 amide bonds. The van der Waals surface area contributed by atoms with Gasteiger partial charge in [-0.05, 0) is 54.8 Å². The number of furan rings is 1. The minimum absolute atomic E-state index is 0.219. The number of carbonyl (C=O) groups excluding carboxylic acids is 2. The summed E-state index contributed by atoms with van der Waals surface area (Å²) in [6, 6.07) is 17.1.